The third kappa shape index (κ3) is 9.65. The smallest absolute Gasteiger partial charge is 0.305 e. The summed E-state index contributed by atoms with van der Waals surface area (Å²) in [7, 11) is 1.66. The van der Waals surface area contributed by atoms with Gasteiger partial charge in [0.05, 0.1) is 31.4 Å². The zero-order valence-electron chi connectivity index (χ0n) is 23.3. The Balaban J connectivity index is 1.43. The fraction of sp³-hybridized carbons (Fsp3) is 0.517. The number of hydrogen-bond acceptors (Lipinski definition) is 8. The first-order valence-corrected chi connectivity index (χ1v) is 14.5. The van der Waals surface area contributed by atoms with Crippen LogP contribution >= 0.6 is 11.3 Å². The molecule has 9 nitrogen and oxygen atoms in total. The van der Waals surface area contributed by atoms with E-state index in [-0.39, 0.29) is 16.5 Å². The van der Waals surface area contributed by atoms with E-state index in [1.807, 2.05) is 35.2 Å². The third-order valence-corrected chi connectivity index (χ3v) is 7.79. The van der Waals surface area contributed by atoms with E-state index < -0.39 is 0 Å². The number of aromatic amines is 1. The third-order valence-electron chi connectivity index (χ3n) is 6.83. The Hall–Kier alpha value is -2.92. The van der Waals surface area contributed by atoms with E-state index in [1.165, 1.54) is 0 Å². The number of aromatic hydroxyl groups is 1. The molecule has 0 saturated carbocycles. The van der Waals surface area contributed by atoms with Crippen molar-refractivity contribution in [2.24, 2.45) is 0 Å². The first-order chi connectivity index (χ1) is 18.9. The lowest BCUT2D eigenvalue weighted by Gasteiger charge is -2.27. The second kappa shape index (κ2) is 16.2. The zero-order valence-corrected chi connectivity index (χ0v) is 24.1. The van der Waals surface area contributed by atoms with E-state index in [1.54, 1.807) is 13.2 Å². The van der Waals surface area contributed by atoms with Crippen LogP contribution in [-0.2, 0) is 22.4 Å². The second-order valence-electron chi connectivity index (χ2n) is 9.33. The summed E-state index contributed by atoms with van der Waals surface area (Å²) in [4.78, 5) is 31.5. The van der Waals surface area contributed by atoms with Gasteiger partial charge in [-0.05, 0) is 61.8 Å². The highest BCUT2D eigenvalue weighted by atomic mass is 32.1. The molecule has 1 amide bonds. The van der Waals surface area contributed by atoms with Crippen molar-refractivity contribution in [2.45, 2.75) is 33.1 Å². The van der Waals surface area contributed by atoms with Gasteiger partial charge in [-0.25, -0.2) is 0 Å². The lowest BCUT2D eigenvalue weighted by molar-refractivity contribution is -0.132. The molecule has 3 N–H and O–H groups in total. The quantitative estimate of drug-likeness (QED) is 0.206. The molecule has 3 aromatic rings. The van der Waals surface area contributed by atoms with Crippen molar-refractivity contribution in [3.8, 4) is 11.5 Å². The van der Waals surface area contributed by atoms with Crippen LogP contribution in [0, 0.1) is 0 Å². The minimum atomic E-state index is -0.174. The van der Waals surface area contributed by atoms with Crippen molar-refractivity contribution in [1.82, 2.24) is 20.1 Å². The average Bonchev–Trinajstić information content (AvgIpc) is 3.35. The molecule has 0 aliphatic heterocycles. The maximum absolute atomic E-state index is 13.0. The highest BCUT2D eigenvalue weighted by Gasteiger charge is 2.15. The fourth-order valence-corrected chi connectivity index (χ4v) is 5.33. The number of carbonyl (C=O) groups is 1. The Kier molecular flexibility index (Phi) is 12.8. The minimum absolute atomic E-state index is 0.0895. The predicted octanol–water partition coefficient (Wildman–Crippen LogP) is 3.26. The molecule has 0 atom stereocenters. The number of nitrogens with one attached hydrogen (secondary N) is 2. The van der Waals surface area contributed by atoms with Crippen LogP contribution < -0.4 is 14.9 Å². The van der Waals surface area contributed by atoms with Crippen molar-refractivity contribution < 1.29 is 19.4 Å². The van der Waals surface area contributed by atoms with Gasteiger partial charge in [-0.15, -0.1) is 0 Å². The van der Waals surface area contributed by atoms with Gasteiger partial charge in [0.15, 0.2) is 0 Å². The Morgan fingerprint density at radius 3 is 2.64 bits per heavy atom. The van der Waals surface area contributed by atoms with E-state index >= 15 is 0 Å². The lowest BCUT2D eigenvalue weighted by atomic mass is 10.1. The maximum Gasteiger partial charge on any atom is 0.305 e. The molecule has 3 rings (SSSR count). The number of likely N-dealkylation sites (N-methyl/N-ethyl adjacent to an activating group) is 1. The second-order valence-corrected chi connectivity index (χ2v) is 10.3. The molecule has 0 unspecified atom stereocenters. The molecule has 0 saturated heterocycles. The SMILES string of the molecule is CCN(CC)CCN(CCNCCc1ccc(O)c2[nH]c(=O)sc12)C(=O)CCOCCc1cccc(OC)c1. The number of thiazole rings is 1. The van der Waals surface area contributed by atoms with Gasteiger partial charge in [-0.2, -0.15) is 0 Å². The topological polar surface area (TPSA) is 107 Å². The van der Waals surface area contributed by atoms with E-state index in [4.69, 9.17) is 9.47 Å². The summed E-state index contributed by atoms with van der Waals surface area (Å²) >= 11 is 1.12. The number of carbonyl (C=O) groups excluding carboxylic acids is 1. The van der Waals surface area contributed by atoms with Crippen LogP contribution in [-0.4, -0.2) is 91.9 Å². The number of ether oxygens (including phenoxy) is 2. The molecular formula is C29H42N4O5S. The summed E-state index contributed by atoms with van der Waals surface area (Å²) in [5.41, 5.74) is 2.66. The van der Waals surface area contributed by atoms with Crippen molar-refractivity contribution in [1.29, 1.82) is 0 Å². The molecule has 0 spiro atoms. The molecule has 0 bridgehead atoms. The molecule has 0 aliphatic carbocycles. The molecule has 0 radical (unpaired) electrons. The Morgan fingerprint density at radius 2 is 1.87 bits per heavy atom. The molecule has 39 heavy (non-hydrogen) atoms. The van der Waals surface area contributed by atoms with Gasteiger partial charge in [0.1, 0.15) is 17.0 Å². The standard InChI is InChI=1S/C29H42N4O5S/c1-4-32(5-2)17-18-33(26(35)13-20-38-19-12-22-7-6-8-24(21-22)37-3)16-15-30-14-11-23-9-10-25(34)27-28(23)39-29(36)31-27/h6-10,21,30,34H,4-5,11-20H2,1-3H3,(H,31,36). The molecular weight excluding hydrogens is 516 g/mol. The Labute approximate surface area is 234 Å². The summed E-state index contributed by atoms with van der Waals surface area (Å²) in [6.07, 6.45) is 1.85. The van der Waals surface area contributed by atoms with Gasteiger partial charge < -0.3 is 34.7 Å². The summed E-state index contributed by atoms with van der Waals surface area (Å²) in [5.74, 6) is 1.02. The largest absolute Gasteiger partial charge is 0.506 e. The fourth-order valence-electron chi connectivity index (χ4n) is 4.43. The van der Waals surface area contributed by atoms with Crippen molar-refractivity contribution >= 4 is 27.5 Å². The maximum atomic E-state index is 13.0. The summed E-state index contributed by atoms with van der Waals surface area (Å²) in [6.45, 7) is 10.6. The molecule has 0 fully saturated rings. The highest BCUT2D eigenvalue weighted by Crippen LogP contribution is 2.27. The van der Waals surface area contributed by atoms with E-state index in [0.29, 0.717) is 51.3 Å². The average molecular weight is 559 g/mol. The molecule has 0 aliphatic rings. The summed E-state index contributed by atoms with van der Waals surface area (Å²) in [6, 6.07) is 11.4. The van der Waals surface area contributed by atoms with Crippen LogP contribution in [0.1, 0.15) is 31.4 Å². The Bertz CT molecular complexity index is 1220. The number of hydrogen-bond donors (Lipinski definition) is 3. The number of fused-ring (bicyclic) bond motifs is 1. The van der Waals surface area contributed by atoms with Crippen LogP contribution in [0.5, 0.6) is 11.5 Å². The van der Waals surface area contributed by atoms with Crippen molar-refractivity contribution in [3.05, 3.63) is 57.2 Å². The molecule has 214 valence electrons. The highest BCUT2D eigenvalue weighted by molar-refractivity contribution is 7.16. The van der Waals surface area contributed by atoms with Crippen LogP contribution in [0.2, 0.25) is 0 Å². The van der Waals surface area contributed by atoms with Gasteiger partial charge in [0.2, 0.25) is 5.91 Å². The molecule has 1 heterocycles. The number of phenolic OH excluding ortho intramolecular Hbond substituents is 1. The van der Waals surface area contributed by atoms with Gasteiger partial charge >= 0.3 is 4.87 Å². The zero-order chi connectivity index (χ0) is 28.0. The lowest BCUT2D eigenvalue weighted by Crippen LogP contribution is -2.42. The monoisotopic (exact) mass is 558 g/mol. The predicted molar refractivity (Wildman–Crippen MR) is 157 cm³/mol. The van der Waals surface area contributed by atoms with Gasteiger partial charge in [-0.1, -0.05) is 43.4 Å². The number of rotatable bonds is 18. The first-order valence-electron chi connectivity index (χ1n) is 13.7. The molecule has 10 heteroatoms. The normalized spacial score (nSPS) is 11.4. The number of aromatic nitrogens is 1. The number of H-pyrrole nitrogens is 1. The van der Waals surface area contributed by atoms with Crippen molar-refractivity contribution in [2.75, 3.05) is 66.1 Å². The number of phenols is 1. The number of benzene rings is 2. The molecule has 1 aromatic heterocycles. The first kappa shape index (κ1) is 30.6. The minimum Gasteiger partial charge on any atom is -0.506 e. The molecule has 2 aromatic carbocycles. The summed E-state index contributed by atoms with van der Waals surface area (Å²) in [5, 5.41) is 13.4. The van der Waals surface area contributed by atoms with Crippen LogP contribution in [0.4, 0.5) is 0 Å². The van der Waals surface area contributed by atoms with E-state index in [0.717, 1.165) is 65.4 Å². The number of methoxy groups -OCH3 is 1. The van der Waals surface area contributed by atoms with Crippen LogP contribution in [0.3, 0.4) is 0 Å². The van der Waals surface area contributed by atoms with E-state index in [2.05, 4.69) is 29.0 Å². The van der Waals surface area contributed by atoms with E-state index in [9.17, 15) is 14.7 Å². The van der Waals surface area contributed by atoms with Gasteiger partial charge in [0, 0.05) is 26.2 Å². The van der Waals surface area contributed by atoms with Crippen LogP contribution in [0.25, 0.3) is 10.2 Å². The van der Waals surface area contributed by atoms with Crippen LogP contribution in [0.15, 0.2) is 41.2 Å². The Morgan fingerprint density at radius 1 is 1.05 bits per heavy atom. The number of amides is 1. The van der Waals surface area contributed by atoms with Gasteiger partial charge in [-0.3, -0.25) is 9.59 Å². The number of nitrogens with zero attached hydrogens (tertiary/aromatic N) is 2. The van der Waals surface area contributed by atoms with Crippen molar-refractivity contribution in [3.63, 3.8) is 0 Å². The summed E-state index contributed by atoms with van der Waals surface area (Å²) < 4.78 is 11.8. The van der Waals surface area contributed by atoms with Gasteiger partial charge in [0.25, 0.3) is 0 Å².